The van der Waals surface area contributed by atoms with Crippen LogP contribution in [0, 0.1) is 47.3 Å². The predicted molar refractivity (Wildman–Crippen MR) is 518 cm³/mol. The molecule has 2 fully saturated rings. The summed E-state index contributed by atoms with van der Waals surface area (Å²) in [4.78, 5) is 234. The van der Waals surface area contributed by atoms with Crippen LogP contribution in [0.15, 0.2) is 70.4 Å². The molecule has 6 rings (SSSR count). The third-order valence-electron chi connectivity index (χ3n) is 25.4. The Morgan fingerprint density at radius 3 is 1.24 bits per heavy atom. The molecule has 10 N–H and O–H groups in total. The number of hydrazine groups is 1. The second-order valence-electron chi connectivity index (χ2n) is 36.6. The number of nitrogens with zero attached hydrogens (tertiary/aromatic N) is 8. The smallest absolute Gasteiger partial charge is 0.306 e. The number of carboxylic acid groups (broad SMARTS) is 2. The molecular weight excluding hydrogens is 1860 g/mol. The van der Waals surface area contributed by atoms with Gasteiger partial charge < -0.3 is 71.6 Å². The number of anilines is 2. The molecule has 0 radical (unpaired) electrons. The lowest BCUT2D eigenvalue weighted by atomic mass is 9.83. The highest BCUT2D eigenvalue weighted by molar-refractivity contribution is 9.11. The van der Waals surface area contributed by atoms with Crippen molar-refractivity contribution in [1.82, 2.24) is 60.9 Å². The van der Waals surface area contributed by atoms with Crippen molar-refractivity contribution >= 4 is 144 Å². The Morgan fingerprint density at radius 2 is 0.912 bits per heavy atom. The highest BCUT2D eigenvalue weighted by Crippen LogP contribution is 2.38. The molecule has 2 aliphatic rings. The number of ether oxygens (including phenoxy) is 2. The molecule has 750 valence electrons. The Hall–Kier alpha value is -10.9. The Bertz CT molecular complexity index is 4550. The molecule has 14 atom stereocenters. The van der Waals surface area contributed by atoms with E-state index < -0.39 is 157 Å². The SMILES string of the molecule is C/C=C/C(=O)N(CCC(=O)NCCC(=O)Nc1cc(C[C@@H](CC(C)C(=O)O)NC(=O)c2csc([C@@H](C[C@H](C(C)C)N(C)C(=O)[C@@H](CC(=O)[C@H]3CCCCN3C)[C@@H](C)CC)OC(C)=O)n2)ccc1O)N(CCC(=O)NCCC(=O)Nc1cc(C[C@@H](CC(C)C(=O)O)NC(=O)c2csc([C@@H](C[C@H](C(C)C)N(C)C(=O)[C@H](CC(=O)[C@H]3CCCCN3C)[C@@H](C)CC)OC(C)=O)n2)ccc1O)C(=O)/C=C/Br. The molecule has 0 aliphatic carbocycles. The summed E-state index contributed by atoms with van der Waals surface area (Å²) in [6.45, 7) is 22.9. The van der Waals surface area contributed by atoms with E-state index in [1.54, 1.807) is 30.8 Å². The van der Waals surface area contributed by atoms with Crippen LogP contribution in [-0.2, 0) is 89.4 Å². The fourth-order valence-electron chi connectivity index (χ4n) is 17.1. The third kappa shape index (κ3) is 35.6. The number of piperidine rings is 2. The second-order valence-corrected chi connectivity index (χ2v) is 38.9. The molecule has 0 spiro atoms. The van der Waals surface area contributed by atoms with Crippen molar-refractivity contribution in [3.05, 3.63) is 103 Å². The number of aliphatic carboxylic acids is 2. The lowest BCUT2D eigenvalue weighted by Crippen LogP contribution is -2.51. The van der Waals surface area contributed by atoms with E-state index in [0.717, 1.165) is 96.5 Å². The molecule has 10 amide bonds. The maximum Gasteiger partial charge on any atom is 0.306 e. The van der Waals surface area contributed by atoms with Crippen molar-refractivity contribution in [2.24, 2.45) is 47.3 Å². The van der Waals surface area contributed by atoms with Crippen LogP contribution in [-0.4, -0.2) is 258 Å². The van der Waals surface area contributed by atoms with E-state index in [4.69, 9.17) is 9.47 Å². The fraction of sp³-hybridized carbons (Fsp3) is 0.608. The molecule has 2 saturated heterocycles. The predicted octanol–water partition coefficient (Wildman–Crippen LogP) is 11.5. The number of benzene rings is 2. The zero-order valence-electron chi connectivity index (χ0n) is 81.5. The van der Waals surface area contributed by atoms with Gasteiger partial charge in [0.1, 0.15) is 32.9 Å². The van der Waals surface area contributed by atoms with Crippen LogP contribution in [0.1, 0.15) is 260 Å². The maximum atomic E-state index is 14.6. The number of allylic oxidation sites excluding steroid dienone is 1. The Balaban J connectivity index is 1.03. The minimum Gasteiger partial charge on any atom is -0.506 e. The summed E-state index contributed by atoms with van der Waals surface area (Å²) in [5, 5.41) is 63.6. The number of aromatic nitrogens is 2. The van der Waals surface area contributed by atoms with Crippen LogP contribution >= 0.6 is 38.6 Å². The Labute approximate surface area is 813 Å². The maximum absolute atomic E-state index is 14.6. The number of carbonyl (C=O) groups excluding carboxylic acids is 14. The van der Waals surface area contributed by atoms with Crippen molar-refractivity contribution in [3.63, 3.8) is 0 Å². The first-order chi connectivity index (χ1) is 64.3. The number of amides is 10. The normalized spacial score (nSPS) is 16.9. The van der Waals surface area contributed by atoms with E-state index in [1.165, 1.54) is 85.9 Å². The van der Waals surface area contributed by atoms with E-state index in [0.29, 0.717) is 24.0 Å². The second kappa shape index (κ2) is 56.1. The van der Waals surface area contributed by atoms with Gasteiger partial charge in [0, 0.05) is 151 Å². The number of thiazole rings is 2. The summed E-state index contributed by atoms with van der Waals surface area (Å²) >= 11 is 5.19. The van der Waals surface area contributed by atoms with Gasteiger partial charge in [-0.3, -0.25) is 86.5 Å². The van der Waals surface area contributed by atoms with Crippen LogP contribution < -0.4 is 31.9 Å². The molecule has 136 heavy (non-hydrogen) atoms. The number of ketones is 2. The number of likely N-dealkylation sites (N-methyl/N-ethyl adjacent to an activating group) is 2. The number of Topliss-reactive ketones (excluding diaryl/α,β-unsaturated/α-hetero) is 2. The average Bonchev–Trinajstić information content (AvgIpc) is 1.53. The van der Waals surface area contributed by atoms with Crippen LogP contribution in [0.5, 0.6) is 11.5 Å². The first-order valence-electron chi connectivity index (χ1n) is 46.9. The highest BCUT2D eigenvalue weighted by atomic mass is 79.9. The van der Waals surface area contributed by atoms with Crippen LogP contribution in [0.4, 0.5) is 11.4 Å². The van der Waals surface area contributed by atoms with E-state index in [1.807, 2.05) is 69.5 Å². The van der Waals surface area contributed by atoms with Gasteiger partial charge in [0.25, 0.3) is 23.6 Å². The molecule has 36 nitrogen and oxygen atoms in total. The van der Waals surface area contributed by atoms with Crippen LogP contribution in [0.3, 0.4) is 0 Å². The van der Waals surface area contributed by atoms with Crippen molar-refractivity contribution in [2.75, 3.05) is 78.1 Å². The van der Waals surface area contributed by atoms with E-state index in [-0.39, 0.29) is 181 Å². The van der Waals surface area contributed by atoms with Crippen molar-refractivity contribution in [2.45, 2.75) is 267 Å². The van der Waals surface area contributed by atoms with E-state index in [9.17, 15) is 97.1 Å². The largest absolute Gasteiger partial charge is 0.506 e. The van der Waals surface area contributed by atoms with Gasteiger partial charge >= 0.3 is 23.9 Å². The minimum absolute atomic E-state index is 0.00267. The van der Waals surface area contributed by atoms with E-state index >= 15 is 0 Å². The van der Waals surface area contributed by atoms with Gasteiger partial charge in [0.05, 0.1) is 48.4 Å². The molecule has 39 heteroatoms. The highest BCUT2D eigenvalue weighted by Gasteiger charge is 2.42. The van der Waals surface area contributed by atoms with Gasteiger partial charge in [-0.15, -0.1) is 22.7 Å². The zero-order valence-corrected chi connectivity index (χ0v) is 84.7. The molecule has 2 aromatic carbocycles. The van der Waals surface area contributed by atoms with E-state index in [2.05, 4.69) is 67.6 Å². The summed E-state index contributed by atoms with van der Waals surface area (Å²) in [6, 6.07) is 5.29. The van der Waals surface area contributed by atoms with Crippen molar-refractivity contribution in [3.8, 4) is 11.5 Å². The number of aromatic hydroxyl groups is 2. The summed E-state index contributed by atoms with van der Waals surface area (Å²) in [7, 11) is 7.26. The molecule has 4 heterocycles. The molecule has 0 saturated carbocycles. The molecule has 2 aromatic heterocycles. The van der Waals surface area contributed by atoms with Crippen molar-refractivity contribution < 1.29 is 107 Å². The molecule has 4 aromatic rings. The summed E-state index contributed by atoms with van der Waals surface area (Å²) in [5.41, 5.74) is 0.685. The number of hydrogen-bond donors (Lipinski definition) is 10. The topological polar surface area (TPSA) is 490 Å². The number of carboxylic acids is 2. The lowest BCUT2D eigenvalue weighted by Gasteiger charge is -2.37. The van der Waals surface area contributed by atoms with Crippen molar-refractivity contribution in [1.29, 1.82) is 0 Å². The van der Waals surface area contributed by atoms with Gasteiger partial charge in [0.2, 0.25) is 35.4 Å². The quantitative estimate of drug-likeness (QED) is 0.00849. The monoisotopic (exact) mass is 2000 g/mol. The third-order valence-corrected chi connectivity index (χ3v) is 27.6. The minimum atomic E-state index is -1.14. The number of esters is 2. The van der Waals surface area contributed by atoms with Gasteiger partial charge in [0.15, 0.2) is 23.8 Å². The molecule has 2 aliphatic heterocycles. The van der Waals surface area contributed by atoms with Gasteiger partial charge in [-0.2, -0.15) is 0 Å². The number of halogens is 1. The lowest BCUT2D eigenvalue weighted by molar-refractivity contribution is -0.158. The number of phenolic OH excluding ortho intramolecular Hbond substituents is 2. The number of carbonyl (C=O) groups is 16. The summed E-state index contributed by atoms with van der Waals surface area (Å²) in [6.07, 6.45) is 7.05. The fourth-order valence-corrected chi connectivity index (χ4v) is 19.0. The number of hydrogen-bond acceptors (Lipinski definition) is 26. The van der Waals surface area contributed by atoms with Crippen LogP contribution in [0.2, 0.25) is 0 Å². The number of nitrogens with one attached hydrogen (secondary N) is 6. The Morgan fingerprint density at radius 1 is 0.537 bits per heavy atom. The molecule has 2 unspecified atom stereocenters. The molecular formula is C97H141BrN14O22S2. The average molecular weight is 2000 g/mol. The number of likely N-dealkylation sites (tertiary alicyclic amines) is 2. The first-order valence-corrected chi connectivity index (χ1v) is 49.6. The molecule has 0 bridgehead atoms. The van der Waals surface area contributed by atoms with Gasteiger partial charge in [-0.25, -0.2) is 20.0 Å². The number of rotatable bonds is 54. The summed E-state index contributed by atoms with van der Waals surface area (Å²) < 4.78 is 11.7. The first kappa shape index (κ1) is 114. The van der Waals surface area contributed by atoms with Crippen LogP contribution in [0.25, 0.3) is 0 Å². The van der Waals surface area contributed by atoms with Gasteiger partial charge in [-0.1, -0.05) is 129 Å². The number of phenols is 2. The zero-order chi connectivity index (χ0) is 101. The Kier molecular flexibility index (Phi) is 46.9. The standard InChI is InChI=1S/C97H141BrN14O22S2/c1-18-25-88(123)111(42-35-84(119)99-38-33-86(121)103-70-48-64(28-30-78(70)115)46-66(44-60(10)96(129)130)101-90(125)72-54-135-92(105-72)82(133-62(12)113)52-76(56(4)5)109(16)94(127)68(58(8)19-2)50-80(117)74-26-21-23-40-107(74)14)112(89(124)32-37-98)43-36-85(120)100-39-34-87(122)104-71-49-65(29-31-79(71)116)47-67(45-61(11)97(131)132)102-91(126)73-55-136-93(106-73)83(134-63(13)114)53-77(57(6)7)110(17)95(128)69(59(9)20-3)51-81(118)75-27-22-24-41-108(75)15/h18,25,28-32,37,48-49,54-61,66-69,74-77,82-83,115-116H,19-24,26-27,33-36,38-47,50-53H2,1-17H3,(H,99,119)(H,100,120)(H,101,125)(H,102,126)(H,103,121)(H,104,122)(H,129,130)(H,131,132)/b25-18+,37-32+/t58-,59-,60?,61?,66+,67+,68-,69+,74+,75+,76+,77+,82+,83+/m0/s1. The summed E-state index contributed by atoms with van der Waals surface area (Å²) in [5.74, 6) is -13.7. The van der Waals surface area contributed by atoms with Gasteiger partial charge in [-0.05, 0) is 150 Å².